The number of hydrogen-bond acceptors (Lipinski definition) is 4. The smallest absolute Gasteiger partial charge is 0.311 e. The molecule has 0 bridgehead atoms. The predicted octanol–water partition coefficient (Wildman–Crippen LogP) is 7.26. The maximum absolute atomic E-state index is 11.8. The second-order valence-corrected chi connectivity index (χ2v) is 7.80. The van der Waals surface area contributed by atoms with E-state index < -0.39 is 5.97 Å². The van der Waals surface area contributed by atoms with Crippen LogP contribution in [-0.2, 0) is 4.79 Å². The van der Waals surface area contributed by atoms with Gasteiger partial charge in [-0.15, -0.1) is 0 Å². The molecule has 1 rings (SSSR count). The molecule has 0 unspecified atom stereocenters. The number of carbonyl (C=O) groups excluding carboxylic acids is 1. The van der Waals surface area contributed by atoms with Crippen LogP contribution in [0, 0.1) is 0 Å². The van der Waals surface area contributed by atoms with Gasteiger partial charge in [0, 0.05) is 6.42 Å². The molecule has 1 aromatic rings. The SMILES string of the molecule is CCCCCCCCCCCCCCCCCC(=O)Oc1c(O)cccc1O. The number of phenolic OH excluding ortho intramolecular Hbond substituents is 2. The van der Waals surface area contributed by atoms with Crippen molar-refractivity contribution in [2.24, 2.45) is 0 Å². The summed E-state index contributed by atoms with van der Waals surface area (Å²) < 4.78 is 5.06. The van der Waals surface area contributed by atoms with E-state index in [0.29, 0.717) is 6.42 Å². The molecular weight excluding hydrogens is 352 g/mol. The molecule has 0 aliphatic rings. The number of para-hydroxylation sites is 1. The van der Waals surface area contributed by atoms with E-state index in [0.717, 1.165) is 19.3 Å². The number of unbranched alkanes of at least 4 members (excludes halogenated alkanes) is 14. The predicted molar refractivity (Wildman–Crippen MR) is 115 cm³/mol. The molecule has 1 aromatic carbocycles. The molecule has 0 amide bonds. The summed E-state index contributed by atoms with van der Waals surface area (Å²) in [7, 11) is 0. The second kappa shape index (κ2) is 16.3. The number of benzene rings is 1. The van der Waals surface area contributed by atoms with E-state index in [1.165, 1.54) is 95.2 Å². The van der Waals surface area contributed by atoms with Crippen LogP contribution < -0.4 is 4.74 Å². The lowest BCUT2D eigenvalue weighted by atomic mass is 10.0. The summed E-state index contributed by atoms with van der Waals surface area (Å²) in [5, 5.41) is 19.2. The fourth-order valence-corrected chi connectivity index (χ4v) is 3.42. The van der Waals surface area contributed by atoms with E-state index in [-0.39, 0.29) is 17.2 Å². The van der Waals surface area contributed by atoms with Crippen molar-refractivity contribution in [2.45, 2.75) is 110 Å². The Bertz CT molecular complexity index is 507. The van der Waals surface area contributed by atoms with Crippen molar-refractivity contribution >= 4 is 5.97 Å². The highest BCUT2D eigenvalue weighted by Crippen LogP contribution is 2.35. The van der Waals surface area contributed by atoms with E-state index in [1.54, 1.807) is 0 Å². The first-order valence-electron chi connectivity index (χ1n) is 11.4. The molecule has 2 N–H and O–H groups in total. The topological polar surface area (TPSA) is 66.8 Å². The highest BCUT2D eigenvalue weighted by atomic mass is 16.5. The summed E-state index contributed by atoms with van der Waals surface area (Å²) in [6.07, 6.45) is 19.6. The molecule has 0 aliphatic heterocycles. The average Bonchev–Trinajstić information content (AvgIpc) is 2.68. The molecule has 28 heavy (non-hydrogen) atoms. The van der Waals surface area contributed by atoms with E-state index in [1.807, 2.05) is 0 Å². The Labute approximate surface area is 171 Å². The third-order valence-corrected chi connectivity index (χ3v) is 5.17. The lowest BCUT2D eigenvalue weighted by molar-refractivity contribution is -0.134. The normalized spacial score (nSPS) is 10.9. The van der Waals surface area contributed by atoms with Crippen molar-refractivity contribution in [2.75, 3.05) is 0 Å². The van der Waals surface area contributed by atoms with Gasteiger partial charge in [-0.3, -0.25) is 4.79 Å². The summed E-state index contributed by atoms with van der Waals surface area (Å²) in [6.45, 7) is 2.26. The Balaban J connectivity index is 1.88. The van der Waals surface area contributed by atoms with Crippen molar-refractivity contribution < 1.29 is 19.7 Å². The minimum atomic E-state index is -0.411. The van der Waals surface area contributed by atoms with Crippen molar-refractivity contribution in [3.05, 3.63) is 18.2 Å². The Kier molecular flexibility index (Phi) is 14.1. The van der Waals surface area contributed by atoms with E-state index in [2.05, 4.69) is 6.92 Å². The van der Waals surface area contributed by atoms with Gasteiger partial charge in [0.15, 0.2) is 11.5 Å². The van der Waals surface area contributed by atoms with E-state index in [9.17, 15) is 15.0 Å². The summed E-state index contributed by atoms with van der Waals surface area (Å²) in [5.74, 6) is -0.991. The number of esters is 1. The van der Waals surface area contributed by atoms with Gasteiger partial charge >= 0.3 is 5.97 Å². The number of ether oxygens (including phenoxy) is 1. The zero-order valence-corrected chi connectivity index (χ0v) is 17.8. The van der Waals surface area contributed by atoms with Gasteiger partial charge in [0.05, 0.1) is 0 Å². The highest BCUT2D eigenvalue weighted by molar-refractivity contribution is 5.74. The molecule has 0 fully saturated rings. The van der Waals surface area contributed by atoms with Crippen LogP contribution in [0.4, 0.5) is 0 Å². The molecule has 4 nitrogen and oxygen atoms in total. The van der Waals surface area contributed by atoms with Crippen LogP contribution in [0.1, 0.15) is 110 Å². The lowest BCUT2D eigenvalue weighted by Gasteiger charge is -2.08. The largest absolute Gasteiger partial charge is 0.504 e. The molecule has 0 radical (unpaired) electrons. The van der Waals surface area contributed by atoms with Crippen molar-refractivity contribution in [1.82, 2.24) is 0 Å². The van der Waals surface area contributed by atoms with Crippen LogP contribution >= 0.6 is 0 Å². The van der Waals surface area contributed by atoms with Crippen LogP contribution in [0.15, 0.2) is 18.2 Å². The standard InChI is InChI=1S/C24H40O4/c1-2-3-4-5-6-7-8-9-10-11-12-13-14-15-16-20-23(27)28-24-21(25)18-17-19-22(24)26/h17-19,25-26H,2-16,20H2,1H3. The molecule has 4 heteroatoms. The Morgan fingerprint density at radius 1 is 0.714 bits per heavy atom. The van der Waals surface area contributed by atoms with Crippen LogP contribution in [0.3, 0.4) is 0 Å². The third kappa shape index (κ3) is 11.9. The van der Waals surface area contributed by atoms with Crippen molar-refractivity contribution in [3.63, 3.8) is 0 Å². The molecule has 0 aromatic heterocycles. The van der Waals surface area contributed by atoms with E-state index >= 15 is 0 Å². The number of rotatable bonds is 17. The molecule has 0 aliphatic carbocycles. The van der Waals surface area contributed by atoms with Gasteiger partial charge in [-0.25, -0.2) is 0 Å². The lowest BCUT2D eigenvalue weighted by Crippen LogP contribution is -2.07. The van der Waals surface area contributed by atoms with Gasteiger partial charge in [0.25, 0.3) is 0 Å². The monoisotopic (exact) mass is 392 g/mol. The van der Waals surface area contributed by atoms with Crippen LogP contribution in [0.5, 0.6) is 17.2 Å². The van der Waals surface area contributed by atoms with E-state index in [4.69, 9.17) is 4.74 Å². The summed E-state index contributed by atoms with van der Waals surface area (Å²) in [4.78, 5) is 11.8. The zero-order chi connectivity index (χ0) is 20.5. The van der Waals surface area contributed by atoms with Gasteiger partial charge in [-0.2, -0.15) is 0 Å². The first-order chi connectivity index (χ1) is 13.6. The summed E-state index contributed by atoms with van der Waals surface area (Å²) in [5.41, 5.74) is 0. The first kappa shape index (κ1) is 24.3. The Morgan fingerprint density at radius 3 is 1.54 bits per heavy atom. The van der Waals surface area contributed by atoms with Crippen molar-refractivity contribution in [3.8, 4) is 17.2 Å². The molecule has 0 saturated carbocycles. The molecule has 0 saturated heterocycles. The highest BCUT2D eigenvalue weighted by Gasteiger charge is 2.12. The molecule has 0 spiro atoms. The second-order valence-electron chi connectivity index (χ2n) is 7.80. The third-order valence-electron chi connectivity index (χ3n) is 5.17. The number of aromatic hydroxyl groups is 2. The Hall–Kier alpha value is -1.71. The minimum absolute atomic E-state index is 0.145. The number of phenols is 2. The zero-order valence-electron chi connectivity index (χ0n) is 17.8. The fourth-order valence-electron chi connectivity index (χ4n) is 3.42. The molecule has 0 atom stereocenters. The Morgan fingerprint density at radius 2 is 1.11 bits per heavy atom. The summed E-state index contributed by atoms with van der Waals surface area (Å²) in [6, 6.07) is 4.27. The molecule has 0 heterocycles. The van der Waals surface area contributed by atoms with Crippen LogP contribution in [0.25, 0.3) is 0 Å². The maximum atomic E-state index is 11.8. The van der Waals surface area contributed by atoms with Gasteiger partial charge in [-0.05, 0) is 18.6 Å². The fraction of sp³-hybridized carbons (Fsp3) is 0.708. The van der Waals surface area contributed by atoms with Gasteiger partial charge in [0.1, 0.15) is 0 Å². The van der Waals surface area contributed by atoms with Crippen LogP contribution in [-0.4, -0.2) is 16.2 Å². The number of hydrogen-bond donors (Lipinski definition) is 2. The van der Waals surface area contributed by atoms with Gasteiger partial charge < -0.3 is 14.9 Å². The molecule has 160 valence electrons. The first-order valence-corrected chi connectivity index (χ1v) is 11.4. The van der Waals surface area contributed by atoms with Gasteiger partial charge in [-0.1, -0.05) is 103 Å². The number of carbonyl (C=O) groups is 1. The van der Waals surface area contributed by atoms with Crippen LogP contribution in [0.2, 0.25) is 0 Å². The quantitative estimate of drug-likeness (QED) is 0.166. The average molecular weight is 393 g/mol. The van der Waals surface area contributed by atoms with Gasteiger partial charge in [0.2, 0.25) is 5.75 Å². The minimum Gasteiger partial charge on any atom is -0.504 e. The maximum Gasteiger partial charge on any atom is 0.311 e. The summed E-state index contributed by atoms with van der Waals surface area (Å²) >= 11 is 0. The molecular formula is C24H40O4. The van der Waals surface area contributed by atoms with Crippen molar-refractivity contribution in [1.29, 1.82) is 0 Å².